The van der Waals surface area contributed by atoms with Gasteiger partial charge < -0.3 is 19.3 Å². The average molecular weight is 460 g/mol. The molecule has 132 valence electrons. The Balaban J connectivity index is 2.05. The summed E-state index contributed by atoms with van der Waals surface area (Å²) in [6, 6.07) is 6.42. The zero-order valence-electron chi connectivity index (χ0n) is 12.6. The van der Waals surface area contributed by atoms with Crippen molar-refractivity contribution in [3.63, 3.8) is 0 Å². The van der Waals surface area contributed by atoms with Gasteiger partial charge in [-0.3, -0.25) is 4.18 Å². The minimum Gasteiger partial charge on any atom is -0.394 e. The van der Waals surface area contributed by atoms with Crippen molar-refractivity contribution in [3.05, 3.63) is 27.8 Å². The summed E-state index contributed by atoms with van der Waals surface area (Å²) in [7, 11) is -3.74. The molecule has 0 saturated carbocycles. The second-order valence-corrected chi connectivity index (χ2v) is 7.15. The molecule has 0 aromatic heterocycles. The normalized spacial score (nSPS) is 11.7. The zero-order chi connectivity index (χ0) is 17.0. The molecular formula is C14H21IO7S. The standard InChI is InChI=1S/C14H21IO7S/c15-13-1-3-14(4-2-13)23(17,18)22-12-11-21-10-9-20-8-7-19-6-5-16/h1-4,16H,5-12H2. The van der Waals surface area contributed by atoms with Gasteiger partial charge in [-0.1, -0.05) is 0 Å². The van der Waals surface area contributed by atoms with Crippen LogP contribution in [0.3, 0.4) is 0 Å². The van der Waals surface area contributed by atoms with Crippen LogP contribution in [0.5, 0.6) is 0 Å². The van der Waals surface area contributed by atoms with Crippen LogP contribution in [-0.4, -0.2) is 66.4 Å². The molecular weight excluding hydrogens is 439 g/mol. The van der Waals surface area contributed by atoms with E-state index in [4.69, 9.17) is 23.5 Å². The van der Waals surface area contributed by atoms with Gasteiger partial charge in [-0.05, 0) is 46.9 Å². The Morgan fingerprint density at radius 1 is 0.826 bits per heavy atom. The lowest BCUT2D eigenvalue weighted by Crippen LogP contribution is -2.14. The molecule has 0 bridgehead atoms. The molecule has 0 aliphatic carbocycles. The number of benzene rings is 1. The van der Waals surface area contributed by atoms with Crippen LogP contribution in [0.4, 0.5) is 0 Å². The Labute approximate surface area is 150 Å². The van der Waals surface area contributed by atoms with E-state index < -0.39 is 10.1 Å². The monoisotopic (exact) mass is 460 g/mol. The number of aliphatic hydroxyl groups excluding tert-OH is 1. The first-order valence-electron chi connectivity index (χ1n) is 7.05. The largest absolute Gasteiger partial charge is 0.394 e. The molecule has 1 rings (SSSR count). The molecule has 0 heterocycles. The van der Waals surface area contributed by atoms with Crippen LogP contribution in [0, 0.1) is 3.57 Å². The highest BCUT2D eigenvalue weighted by Crippen LogP contribution is 2.14. The van der Waals surface area contributed by atoms with Crippen molar-refractivity contribution in [1.29, 1.82) is 0 Å². The molecule has 1 aromatic carbocycles. The fourth-order valence-electron chi connectivity index (χ4n) is 1.48. The van der Waals surface area contributed by atoms with Gasteiger partial charge in [-0.15, -0.1) is 0 Å². The molecule has 0 atom stereocenters. The number of rotatable bonds is 13. The third kappa shape index (κ3) is 9.55. The molecule has 1 N–H and O–H groups in total. The van der Waals surface area contributed by atoms with Gasteiger partial charge in [0.25, 0.3) is 10.1 Å². The quantitative estimate of drug-likeness (QED) is 0.267. The summed E-state index contributed by atoms with van der Waals surface area (Å²) in [5.74, 6) is 0. The summed E-state index contributed by atoms with van der Waals surface area (Å²) in [4.78, 5) is 0.129. The highest BCUT2D eigenvalue weighted by Gasteiger charge is 2.14. The minimum atomic E-state index is -3.74. The molecule has 1 aromatic rings. The van der Waals surface area contributed by atoms with Crippen LogP contribution in [0.2, 0.25) is 0 Å². The second kappa shape index (κ2) is 12.1. The molecule has 0 amide bonds. The van der Waals surface area contributed by atoms with Crippen LogP contribution in [0.25, 0.3) is 0 Å². The van der Waals surface area contributed by atoms with E-state index in [1.807, 2.05) is 0 Å². The Morgan fingerprint density at radius 2 is 1.30 bits per heavy atom. The van der Waals surface area contributed by atoms with E-state index in [1.165, 1.54) is 12.1 Å². The Hall–Kier alpha value is -0.300. The van der Waals surface area contributed by atoms with Gasteiger partial charge >= 0.3 is 0 Å². The number of halogens is 1. The number of ether oxygens (including phenoxy) is 3. The maximum atomic E-state index is 11.9. The van der Waals surface area contributed by atoms with Crippen molar-refractivity contribution in [2.24, 2.45) is 0 Å². The van der Waals surface area contributed by atoms with Gasteiger partial charge in [-0.2, -0.15) is 8.42 Å². The van der Waals surface area contributed by atoms with Crippen molar-refractivity contribution in [2.45, 2.75) is 4.90 Å². The SMILES string of the molecule is O=S(=O)(OCCOCCOCCOCCO)c1ccc(I)cc1. The van der Waals surface area contributed by atoms with Crippen LogP contribution in [-0.2, 0) is 28.5 Å². The fourth-order valence-corrected chi connectivity index (χ4v) is 2.73. The molecule has 0 aliphatic rings. The van der Waals surface area contributed by atoms with Crippen molar-refractivity contribution < 1.29 is 31.9 Å². The Bertz CT molecular complexity index is 518. The van der Waals surface area contributed by atoms with Gasteiger partial charge in [0.05, 0.1) is 57.8 Å². The average Bonchev–Trinajstić information content (AvgIpc) is 2.53. The summed E-state index contributed by atoms with van der Waals surface area (Å²) in [6.45, 7) is 1.96. The maximum absolute atomic E-state index is 11.9. The smallest absolute Gasteiger partial charge is 0.297 e. The highest BCUT2D eigenvalue weighted by atomic mass is 127. The number of hydrogen-bond acceptors (Lipinski definition) is 7. The van der Waals surface area contributed by atoms with E-state index in [1.54, 1.807) is 12.1 Å². The molecule has 7 nitrogen and oxygen atoms in total. The van der Waals surface area contributed by atoms with Crippen molar-refractivity contribution >= 4 is 32.7 Å². The van der Waals surface area contributed by atoms with Gasteiger partial charge in [0, 0.05) is 3.57 Å². The molecule has 23 heavy (non-hydrogen) atoms. The third-order valence-corrected chi connectivity index (χ3v) is 4.59. The van der Waals surface area contributed by atoms with Crippen LogP contribution >= 0.6 is 22.6 Å². The van der Waals surface area contributed by atoms with Crippen molar-refractivity contribution in [2.75, 3.05) is 52.9 Å². The fraction of sp³-hybridized carbons (Fsp3) is 0.571. The minimum absolute atomic E-state index is 0.00572. The summed E-state index contributed by atoms with van der Waals surface area (Å²) in [5.41, 5.74) is 0. The molecule has 0 unspecified atom stereocenters. The Morgan fingerprint density at radius 3 is 1.83 bits per heavy atom. The van der Waals surface area contributed by atoms with Crippen molar-refractivity contribution in [1.82, 2.24) is 0 Å². The molecule has 9 heteroatoms. The summed E-state index contributed by atoms with van der Waals surface area (Å²) < 4.78 is 45.0. The molecule has 0 saturated heterocycles. The van der Waals surface area contributed by atoms with E-state index in [-0.39, 0.29) is 24.7 Å². The van der Waals surface area contributed by atoms with Gasteiger partial charge in [0.2, 0.25) is 0 Å². The van der Waals surface area contributed by atoms with Gasteiger partial charge in [0.15, 0.2) is 0 Å². The van der Waals surface area contributed by atoms with Gasteiger partial charge in [-0.25, -0.2) is 0 Å². The third-order valence-electron chi connectivity index (χ3n) is 2.55. The number of aliphatic hydroxyl groups is 1. The lowest BCUT2D eigenvalue weighted by molar-refractivity contribution is 0.00389. The summed E-state index contributed by atoms with van der Waals surface area (Å²) in [6.07, 6.45) is 0. The van der Waals surface area contributed by atoms with Crippen LogP contribution in [0.15, 0.2) is 29.2 Å². The molecule has 0 spiro atoms. The predicted octanol–water partition coefficient (Wildman–Crippen LogP) is 1.04. The summed E-state index contributed by atoms with van der Waals surface area (Å²) in [5, 5.41) is 8.49. The van der Waals surface area contributed by atoms with Crippen LogP contribution < -0.4 is 0 Å². The van der Waals surface area contributed by atoms with Crippen LogP contribution in [0.1, 0.15) is 0 Å². The molecule has 0 aliphatic heterocycles. The van der Waals surface area contributed by atoms with Gasteiger partial charge in [0.1, 0.15) is 0 Å². The van der Waals surface area contributed by atoms with E-state index >= 15 is 0 Å². The lowest BCUT2D eigenvalue weighted by Gasteiger charge is -2.07. The van der Waals surface area contributed by atoms with E-state index in [0.717, 1.165) is 3.57 Å². The molecule has 0 fully saturated rings. The number of hydrogen-bond donors (Lipinski definition) is 1. The van der Waals surface area contributed by atoms with E-state index in [0.29, 0.717) is 33.0 Å². The Kier molecular flexibility index (Phi) is 10.9. The van der Waals surface area contributed by atoms with E-state index in [2.05, 4.69) is 22.6 Å². The topological polar surface area (TPSA) is 91.3 Å². The highest BCUT2D eigenvalue weighted by molar-refractivity contribution is 14.1. The second-order valence-electron chi connectivity index (χ2n) is 4.29. The lowest BCUT2D eigenvalue weighted by atomic mass is 10.4. The first-order valence-corrected chi connectivity index (χ1v) is 9.54. The first kappa shape index (κ1) is 20.7. The summed E-state index contributed by atoms with van der Waals surface area (Å²) >= 11 is 2.10. The molecule has 0 radical (unpaired) electrons. The predicted molar refractivity (Wildman–Crippen MR) is 91.8 cm³/mol. The van der Waals surface area contributed by atoms with E-state index in [9.17, 15) is 8.42 Å². The van der Waals surface area contributed by atoms with Crippen molar-refractivity contribution in [3.8, 4) is 0 Å². The zero-order valence-corrected chi connectivity index (χ0v) is 15.6. The maximum Gasteiger partial charge on any atom is 0.297 e. The first-order chi connectivity index (χ1) is 11.1.